The first-order valence-corrected chi connectivity index (χ1v) is 9.85. The average molecular weight is 337 g/mol. The second-order valence-electron chi connectivity index (χ2n) is 6.41. The summed E-state index contributed by atoms with van der Waals surface area (Å²) in [5, 5.41) is 5.97. The molecule has 1 aliphatic heterocycles. The van der Waals surface area contributed by atoms with Crippen molar-refractivity contribution in [3.05, 3.63) is 35.9 Å². The van der Waals surface area contributed by atoms with E-state index < -0.39 is 10.0 Å². The fourth-order valence-electron chi connectivity index (χ4n) is 3.15. The third-order valence-corrected chi connectivity index (χ3v) is 5.90. The minimum absolute atomic E-state index is 0.0434. The zero-order chi connectivity index (χ0) is 16.4. The van der Waals surface area contributed by atoms with Gasteiger partial charge in [-0.15, -0.1) is 0 Å². The fourth-order valence-corrected chi connectivity index (χ4v) is 4.02. The molecule has 2 fully saturated rings. The third kappa shape index (κ3) is 4.23. The second kappa shape index (κ2) is 6.49. The smallest absolute Gasteiger partial charge is 0.315 e. The summed E-state index contributed by atoms with van der Waals surface area (Å²) in [6.45, 7) is 0.944. The van der Waals surface area contributed by atoms with E-state index in [4.69, 9.17) is 0 Å². The maximum Gasteiger partial charge on any atom is 0.315 e. The summed E-state index contributed by atoms with van der Waals surface area (Å²) in [5.74, 6) is 0.411. The SMILES string of the molecule is CS(=O)(=O)N1CCC(NC(=O)N[C@H]2C[C@H]2c2ccccc2)CC1. The highest BCUT2D eigenvalue weighted by Crippen LogP contribution is 2.40. The van der Waals surface area contributed by atoms with Crippen LogP contribution in [0.2, 0.25) is 0 Å². The molecule has 1 heterocycles. The molecule has 1 aromatic rings. The van der Waals surface area contributed by atoms with E-state index >= 15 is 0 Å². The summed E-state index contributed by atoms with van der Waals surface area (Å²) in [4.78, 5) is 12.1. The topological polar surface area (TPSA) is 78.5 Å². The number of sulfonamides is 1. The molecule has 0 unspecified atom stereocenters. The summed E-state index contributed by atoms with van der Waals surface area (Å²) in [7, 11) is -3.12. The zero-order valence-corrected chi connectivity index (χ0v) is 14.1. The van der Waals surface area contributed by atoms with Crippen molar-refractivity contribution in [3.8, 4) is 0 Å². The number of carbonyl (C=O) groups is 1. The quantitative estimate of drug-likeness (QED) is 0.868. The maximum atomic E-state index is 12.1. The van der Waals surface area contributed by atoms with Gasteiger partial charge in [-0.1, -0.05) is 30.3 Å². The van der Waals surface area contributed by atoms with Crippen LogP contribution in [-0.4, -0.2) is 50.2 Å². The number of nitrogens with one attached hydrogen (secondary N) is 2. The highest BCUT2D eigenvalue weighted by atomic mass is 32.2. The van der Waals surface area contributed by atoms with Gasteiger partial charge in [-0.05, 0) is 24.8 Å². The van der Waals surface area contributed by atoms with Crippen LogP contribution in [0.15, 0.2) is 30.3 Å². The number of carbonyl (C=O) groups excluding carboxylic acids is 1. The normalized spacial score (nSPS) is 25.8. The van der Waals surface area contributed by atoms with Crippen LogP contribution in [-0.2, 0) is 10.0 Å². The van der Waals surface area contributed by atoms with Crippen LogP contribution in [0.4, 0.5) is 4.79 Å². The van der Waals surface area contributed by atoms with Gasteiger partial charge in [0.2, 0.25) is 10.0 Å². The predicted octanol–water partition coefficient (Wildman–Crippen LogP) is 1.27. The lowest BCUT2D eigenvalue weighted by molar-refractivity contribution is 0.227. The molecule has 2 N–H and O–H groups in total. The number of urea groups is 1. The molecule has 126 valence electrons. The molecule has 2 amide bonds. The van der Waals surface area contributed by atoms with Gasteiger partial charge in [-0.25, -0.2) is 17.5 Å². The molecule has 0 radical (unpaired) electrons. The van der Waals surface area contributed by atoms with Gasteiger partial charge in [0.25, 0.3) is 0 Å². The lowest BCUT2D eigenvalue weighted by atomic mass is 10.1. The predicted molar refractivity (Wildman–Crippen MR) is 88.7 cm³/mol. The zero-order valence-electron chi connectivity index (χ0n) is 13.2. The van der Waals surface area contributed by atoms with Crippen LogP contribution < -0.4 is 10.6 Å². The molecule has 7 heteroatoms. The number of rotatable bonds is 4. The largest absolute Gasteiger partial charge is 0.335 e. The van der Waals surface area contributed by atoms with Crippen LogP contribution >= 0.6 is 0 Å². The molecule has 1 saturated carbocycles. The maximum absolute atomic E-state index is 12.1. The lowest BCUT2D eigenvalue weighted by Gasteiger charge is -2.30. The number of piperidine rings is 1. The van der Waals surface area contributed by atoms with Crippen molar-refractivity contribution in [1.82, 2.24) is 14.9 Å². The lowest BCUT2D eigenvalue weighted by Crippen LogP contribution is -2.49. The summed E-state index contributed by atoms with van der Waals surface area (Å²) < 4.78 is 24.4. The Labute approximate surface area is 137 Å². The number of nitrogens with zero attached hydrogens (tertiary/aromatic N) is 1. The molecule has 0 bridgehead atoms. The Hall–Kier alpha value is -1.60. The Balaban J connectivity index is 1.42. The Bertz CT molecular complexity index is 654. The number of hydrogen-bond donors (Lipinski definition) is 2. The highest BCUT2D eigenvalue weighted by molar-refractivity contribution is 7.88. The average Bonchev–Trinajstić information content (AvgIpc) is 3.27. The monoisotopic (exact) mass is 337 g/mol. The van der Waals surface area contributed by atoms with E-state index in [-0.39, 0.29) is 18.1 Å². The molecular formula is C16H23N3O3S. The summed E-state index contributed by atoms with van der Waals surface area (Å²) in [6, 6.07) is 10.3. The highest BCUT2D eigenvalue weighted by Gasteiger charge is 2.39. The molecule has 6 nitrogen and oxygen atoms in total. The van der Waals surface area contributed by atoms with Gasteiger partial charge in [-0.2, -0.15) is 0 Å². The fraction of sp³-hybridized carbons (Fsp3) is 0.562. The summed E-state index contributed by atoms with van der Waals surface area (Å²) in [5.41, 5.74) is 1.26. The second-order valence-corrected chi connectivity index (χ2v) is 8.40. The molecule has 2 aliphatic rings. The molecule has 0 aromatic heterocycles. The minimum atomic E-state index is -3.12. The molecule has 1 saturated heterocycles. The molecule has 2 atom stereocenters. The van der Waals surface area contributed by atoms with E-state index in [2.05, 4.69) is 22.8 Å². The van der Waals surface area contributed by atoms with Crippen LogP contribution in [0, 0.1) is 0 Å². The van der Waals surface area contributed by atoms with Gasteiger partial charge in [0.15, 0.2) is 0 Å². The van der Waals surface area contributed by atoms with E-state index in [1.165, 1.54) is 16.1 Å². The van der Waals surface area contributed by atoms with Gasteiger partial charge in [0.1, 0.15) is 0 Å². The summed E-state index contributed by atoms with van der Waals surface area (Å²) >= 11 is 0. The van der Waals surface area contributed by atoms with Gasteiger partial charge in [0, 0.05) is 31.1 Å². The van der Waals surface area contributed by atoms with Gasteiger partial charge in [-0.3, -0.25) is 0 Å². The van der Waals surface area contributed by atoms with Gasteiger partial charge in [0.05, 0.1) is 6.26 Å². The van der Waals surface area contributed by atoms with Crippen molar-refractivity contribution in [3.63, 3.8) is 0 Å². The van der Waals surface area contributed by atoms with E-state index in [1.807, 2.05) is 18.2 Å². The van der Waals surface area contributed by atoms with Crippen molar-refractivity contribution in [2.75, 3.05) is 19.3 Å². The van der Waals surface area contributed by atoms with Crippen LogP contribution in [0.1, 0.15) is 30.7 Å². The Morgan fingerprint density at radius 2 is 1.78 bits per heavy atom. The Morgan fingerprint density at radius 3 is 2.39 bits per heavy atom. The first-order chi connectivity index (χ1) is 10.9. The molecule has 23 heavy (non-hydrogen) atoms. The molecule has 1 aromatic carbocycles. The van der Waals surface area contributed by atoms with E-state index in [0.29, 0.717) is 31.8 Å². The van der Waals surface area contributed by atoms with Gasteiger partial charge >= 0.3 is 6.03 Å². The minimum Gasteiger partial charge on any atom is -0.335 e. The van der Waals surface area contributed by atoms with Crippen molar-refractivity contribution in [2.45, 2.75) is 37.3 Å². The number of hydrogen-bond acceptors (Lipinski definition) is 3. The van der Waals surface area contributed by atoms with Crippen molar-refractivity contribution in [2.24, 2.45) is 0 Å². The first-order valence-electron chi connectivity index (χ1n) is 8.00. The van der Waals surface area contributed by atoms with E-state index in [1.54, 1.807) is 0 Å². The Morgan fingerprint density at radius 1 is 1.13 bits per heavy atom. The van der Waals surface area contributed by atoms with Crippen LogP contribution in [0.25, 0.3) is 0 Å². The van der Waals surface area contributed by atoms with Crippen molar-refractivity contribution < 1.29 is 13.2 Å². The first kappa shape index (κ1) is 16.3. The van der Waals surface area contributed by atoms with E-state index in [9.17, 15) is 13.2 Å². The standard InChI is InChI=1S/C16H23N3O3S/c1-23(21,22)19-9-7-13(8-10-19)17-16(20)18-15-11-14(15)12-5-3-2-4-6-12/h2-6,13-15H,7-11H2,1H3,(H2,17,18,20)/t14-,15-/m0/s1. The van der Waals surface area contributed by atoms with Gasteiger partial charge < -0.3 is 10.6 Å². The van der Waals surface area contributed by atoms with Crippen LogP contribution in [0.5, 0.6) is 0 Å². The van der Waals surface area contributed by atoms with Crippen molar-refractivity contribution in [1.29, 1.82) is 0 Å². The van der Waals surface area contributed by atoms with E-state index in [0.717, 1.165) is 6.42 Å². The Kier molecular flexibility index (Phi) is 4.59. The third-order valence-electron chi connectivity index (χ3n) is 4.59. The number of amides is 2. The van der Waals surface area contributed by atoms with Crippen molar-refractivity contribution >= 4 is 16.1 Å². The number of benzene rings is 1. The molecule has 3 rings (SSSR count). The molecule has 0 spiro atoms. The van der Waals surface area contributed by atoms with Crippen LogP contribution in [0.3, 0.4) is 0 Å². The molecular weight excluding hydrogens is 314 g/mol. The summed E-state index contributed by atoms with van der Waals surface area (Å²) in [6.07, 6.45) is 3.52. The molecule has 1 aliphatic carbocycles.